The first-order valence-corrected chi connectivity index (χ1v) is 14.9. The van der Waals surface area contributed by atoms with Crippen LogP contribution in [0.3, 0.4) is 0 Å². The van der Waals surface area contributed by atoms with E-state index in [1.54, 1.807) is 30.4 Å². The molecule has 8 bridgehead atoms. The molecule has 0 heterocycles. The lowest BCUT2D eigenvalue weighted by Crippen LogP contribution is -2.72. The van der Waals surface area contributed by atoms with Gasteiger partial charge in [0.15, 0.2) is 0 Å². The number of hydrogen-bond donors (Lipinski definition) is 0. The summed E-state index contributed by atoms with van der Waals surface area (Å²) in [6.07, 6.45) is 15.2. The third kappa shape index (κ3) is 2.80. The van der Waals surface area contributed by atoms with Crippen molar-refractivity contribution in [2.45, 2.75) is 75.7 Å². The van der Waals surface area contributed by atoms with Gasteiger partial charge in [0.1, 0.15) is 0 Å². The Hall–Kier alpha value is -1.60. The average molecular weight is 466 g/mol. The third-order valence-corrected chi connectivity index (χ3v) is 12.5. The molecule has 0 radical (unpaired) electrons. The summed E-state index contributed by atoms with van der Waals surface area (Å²) in [4.78, 5) is 2.69. The first kappa shape index (κ1) is 21.5. The average Bonchev–Trinajstić information content (AvgIpc) is 2.83. The molecule has 0 saturated heterocycles. The summed E-state index contributed by atoms with van der Waals surface area (Å²) in [7, 11) is 4.83. The van der Waals surface area contributed by atoms with Crippen LogP contribution in [0.2, 0.25) is 0 Å². The second kappa shape index (κ2) is 7.47. The molecular weight excluding hydrogens is 422 g/mol. The van der Waals surface area contributed by atoms with Crippen molar-refractivity contribution in [3.63, 3.8) is 0 Å². The lowest BCUT2D eigenvalue weighted by atomic mass is 9.30. The maximum Gasteiger partial charge on any atom is 0.0155 e. The van der Waals surface area contributed by atoms with Gasteiger partial charge >= 0.3 is 0 Å². The molecule has 8 saturated carbocycles. The maximum absolute atomic E-state index is 2.69. The summed E-state index contributed by atoms with van der Waals surface area (Å²) >= 11 is 0. The van der Waals surface area contributed by atoms with Crippen molar-refractivity contribution in [3.8, 4) is 11.1 Å². The quantitative estimate of drug-likeness (QED) is 0.445. The summed E-state index contributed by atoms with van der Waals surface area (Å²) in [5.74, 6) is 6.67. The van der Waals surface area contributed by atoms with Crippen molar-refractivity contribution in [1.82, 2.24) is 4.90 Å². The van der Waals surface area contributed by atoms with Gasteiger partial charge in [-0.1, -0.05) is 54.6 Å². The highest BCUT2D eigenvalue weighted by Crippen LogP contribution is 2.76. The van der Waals surface area contributed by atoms with Crippen LogP contribution in [0.1, 0.15) is 69.8 Å². The number of benzene rings is 2. The summed E-state index contributed by atoms with van der Waals surface area (Å²) in [6.45, 7) is 0. The van der Waals surface area contributed by atoms with Crippen molar-refractivity contribution < 1.29 is 0 Å². The zero-order chi connectivity index (χ0) is 23.4. The molecule has 0 N–H and O–H groups in total. The molecule has 2 aromatic carbocycles. The summed E-state index contributed by atoms with van der Waals surface area (Å²) in [6, 6.07) is 22.1. The molecule has 2 aromatic rings. The van der Waals surface area contributed by atoms with Crippen LogP contribution in [-0.2, 0) is 5.41 Å². The van der Waals surface area contributed by atoms with E-state index in [0.717, 1.165) is 47.5 Å². The number of nitrogens with zero attached hydrogens (tertiary/aromatic N) is 1. The number of rotatable bonds is 4. The van der Waals surface area contributed by atoms with Crippen LogP contribution in [0.4, 0.5) is 0 Å². The van der Waals surface area contributed by atoms with Crippen LogP contribution in [-0.4, -0.2) is 25.0 Å². The Balaban J connectivity index is 1.41. The molecule has 1 heteroatoms. The zero-order valence-corrected chi connectivity index (χ0v) is 21.8. The van der Waals surface area contributed by atoms with Crippen LogP contribution >= 0.6 is 0 Å². The highest BCUT2D eigenvalue weighted by Gasteiger charge is 2.71. The van der Waals surface area contributed by atoms with Gasteiger partial charge in [-0.25, -0.2) is 0 Å². The van der Waals surface area contributed by atoms with E-state index in [9.17, 15) is 0 Å². The van der Waals surface area contributed by atoms with Gasteiger partial charge in [-0.2, -0.15) is 0 Å². The predicted octanol–water partition coefficient (Wildman–Crippen LogP) is 7.80. The van der Waals surface area contributed by atoms with E-state index in [-0.39, 0.29) is 0 Å². The van der Waals surface area contributed by atoms with Crippen LogP contribution < -0.4 is 0 Å². The smallest absolute Gasteiger partial charge is 0.0155 e. The van der Waals surface area contributed by atoms with Crippen LogP contribution in [0.25, 0.3) is 11.1 Å². The first-order valence-electron chi connectivity index (χ1n) is 14.9. The molecule has 0 spiro atoms. The van der Waals surface area contributed by atoms with Gasteiger partial charge in [0.2, 0.25) is 0 Å². The first-order chi connectivity index (χ1) is 17.1. The Morgan fingerprint density at radius 2 is 1.31 bits per heavy atom. The van der Waals surface area contributed by atoms with Crippen molar-refractivity contribution in [3.05, 3.63) is 60.2 Å². The SMILES string of the molecule is CN(C)C1C2CC3CC(C2)C(c2ccccc2-c2ccccc2)(C24CC5CC(CC(C5)C2)C4)C1C3. The maximum atomic E-state index is 2.69. The summed E-state index contributed by atoms with van der Waals surface area (Å²) < 4.78 is 0. The van der Waals surface area contributed by atoms with E-state index in [2.05, 4.69) is 73.6 Å². The Kier molecular flexibility index (Phi) is 4.58. The van der Waals surface area contributed by atoms with Crippen LogP contribution in [0, 0.1) is 46.8 Å². The number of hydrogen-bond acceptors (Lipinski definition) is 1. The van der Waals surface area contributed by atoms with Crippen LogP contribution in [0.5, 0.6) is 0 Å². The van der Waals surface area contributed by atoms with Crippen molar-refractivity contribution >= 4 is 0 Å². The monoisotopic (exact) mass is 465 g/mol. The van der Waals surface area contributed by atoms with E-state index in [0.29, 0.717) is 10.8 Å². The third-order valence-electron chi connectivity index (χ3n) is 12.5. The summed E-state index contributed by atoms with van der Waals surface area (Å²) in [5, 5.41) is 0. The van der Waals surface area contributed by atoms with Gasteiger partial charge in [-0.05, 0) is 142 Å². The molecule has 6 unspecified atom stereocenters. The van der Waals surface area contributed by atoms with Crippen molar-refractivity contribution in [2.75, 3.05) is 14.1 Å². The molecule has 184 valence electrons. The Labute approximate surface area is 212 Å². The van der Waals surface area contributed by atoms with Gasteiger partial charge in [0.25, 0.3) is 0 Å². The molecule has 10 rings (SSSR count). The van der Waals surface area contributed by atoms with Gasteiger partial charge in [0.05, 0.1) is 0 Å². The largest absolute Gasteiger partial charge is 0.306 e. The van der Waals surface area contributed by atoms with Gasteiger partial charge < -0.3 is 4.90 Å². The molecule has 8 fully saturated rings. The molecule has 8 aliphatic carbocycles. The molecular formula is C34H43N. The summed E-state index contributed by atoms with van der Waals surface area (Å²) in [5.41, 5.74) is 5.67. The van der Waals surface area contributed by atoms with Crippen molar-refractivity contribution in [2.24, 2.45) is 46.8 Å². The molecule has 35 heavy (non-hydrogen) atoms. The molecule has 0 aromatic heterocycles. The molecule has 0 amide bonds. The standard InChI is InChI=1S/C34H43N/c1-35(2)32-27-15-22-16-28(18-27)34(31(32)17-22,33-19-23-12-24(20-33)14-25(13-23)21-33)30-11-7-6-10-29(30)26-8-4-3-5-9-26/h3-11,22-25,27-28,31-32H,12-21H2,1-2H3. The van der Waals surface area contributed by atoms with Crippen LogP contribution in [0.15, 0.2) is 54.6 Å². The van der Waals surface area contributed by atoms with Gasteiger partial charge in [0, 0.05) is 11.5 Å². The van der Waals surface area contributed by atoms with E-state index in [1.807, 2.05) is 0 Å². The minimum absolute atomic E-state index is 0.359. The fourth-order valence-corrected chi connectivity index (χ4v) is 12.6. The molecule has 6 atom stereocenters. The predicted molar refractivity (Wildman–Crippen MR) is 144 cm³/mol. The Morgan fingerprint density at radius 1 is 0.657 bits per heavy atom. The zero-order valence-electron chi connectivity index (χ0n) is 21.8. The van der Waals surface area contributed by atoms with E-state index in [4.69, 9.17) is 0 Å². The van der Waals surface area contributed by atoms with E-state index < -0.39 is 0 Å². The fraction of sp³-hybridized carbons (Fsp3) is 0.647. The highest BCUT2D eigenvalue weighted by molar-refractivity contribution is 5.70. The lowest BCUT2D eigenvalue weighted by molar-refractivity contribution is -0.208. The minimum atomic E-state index is 0.359. The van der Waals surface area contributed by atoms with Gasteiger partial charge in [-0.15, -0.1) is 0 Å². The second-order valence-electron chi connectivity index (χ2n) is 14.3. The second-order valence-corrected chi connectivity index (χ2v) is 14.3. The molecule has 0 aliphatic heterocycles. The van der Waals surface area contributed by atoms with Gasteiger partial charge in [-0.3, -0.25) is 0 Å². The Bertz CT molecular complexity index is 1080. The normalized spacial score (nSPS) is 47.1. The van der Waals surface area contributed by atoms with Crippen molar-refractivity contribution in [1.29, 1.82) is 0 Å². The highest BCUT2D eigenvalue weighted by atomic mass is 15.1. The molecule has 1 nitrogen and oxygen atoms in total. The van der Waals surface area contributed by atoms with E-state index >= 15 is 0 Å². The molecule has 8 aliphatic rings. The lowest BCUT2D eigenvalue weighted by Gasteiger charge is -2.75. The topological polar surface area (TPSA) is 3.24 Å². The van der Waals surface area contributed by atoms with E-state index in [1.165, 1.54) is 50.5 Å². The Morgan fingerprint density at radius 3 is 2.00 bits per heavy atom. The minimum Gasteiger partial charge on any atom is -0.306 e. The fourth-order valence-electron chi connectivity index (χ4n) is 12.6.